The average Bonchev–Trinajstić information content (AvgIpc) is 2.39. The van der Waals surface area contributed by atoms with Crippen LogP contribution in [0.5, 0.6) is 0 Å². The highest BCUT2D eigenvalue weighted by Gasteiger charge is 2.30. The molecule has 0 bridgehead atoms. The molecule has 0 aliphatic heterocycles. The van der Waals surface area contributed by atoms with Crippen LogP contribution in [0.1, 0.15) is 44.7 Å². The Bertz CT molecular complexity index is 420. The van der Waals surface area contributed by atoms with E-state index in [9.17, 15) is 0 Å². The van der Waals surface area contributed by atoms with Gasteiger partial charge in [0.25, 0.3) is 0 Å². The Labute approximate surface area is 123 Å². The minimum Gasteiger partial charge on any atom is -0.378 e. The molecule has 20 heavy (non-hydrogen) atoms. The van der Waals surface area contributed by atoms with Gasteiger partial charge in [-0.25, -0.2) is 0 Å². The van der Waals surface area contributed by atoms with E-state index in [0.717, 1.165) is 11.8 Å². The lowest BCUT2D eigenvalue weighted by Crippen LogP contribution is -2.37. The number of anilines is 1. The number of benzene rings is 1. The number of hydrazine groups is 1. The van der Waals surface area contributed by atoms with Crippen LogP contribution in [0.4, 0.5) is 5.69 Å². The summed E-state index contributed by atoms with van der Waals surface area (Å²) in [4.78, 5) is 2.14. The van der Waals surface area contributed by atoms with Crippen molar-refractivity contribution < 1.29 is 0 Å². The molecule has 3 N–H and O–H groups in total. The molecule has 1 aromatic carbocycles. The molecule has 1 aliphatic rings. The van der Waals surface area contributed by atoms with Crippen LogP contribution < -0.4 is 16.2 Å². The van der Waals surface area contributed by atoms with Crippen molar-refractivity contribution in [3.05, 3.63) is 29.8 Å². The van der Waals surface area contributed by atoms with Crippen molar-refractivity contribution in [2.45, 2.75) is 39.2 Å². The van der Waals surface area contributed by atoms with Crippen molar-refractivity contribution in [1.82, 2.24) is 5.43 Å². The molecule has 0 amide bonds. The van der Waals surface area contributed by atoms with Crippen molar-refractivity contribution >= 4 is 5.69 Å². The van der Waals surface area contributed by atoms with Gasteiger partial charge in [-0.05, 0) is 54.7 Å². The first kappa shape index (κ1) is 15.3. The molecule has 3 unspecified atom stereocenters. The van der Waals surface area contributed by atoms with Gasteiger partial charge in [-0.3, -0.25) is 11.3 Å². The molecule has 0 heterocycles. The topological polar surface area (TPSA) is 41.3 Å². The van der Waals surface area contributed by atoms with Crippen LogP contribution in [0.2, 0.25) is 0 Å². The van der Waals surface area contributed by atoms with Crippen LogP contribution in [0.15, 0.2) is 24.3 Å². The molecule has 3 nitrogen and oxygen atoms in total. The summed E-state index contributed by atoms with van der Waals surface area (Å²) in [6, 6.07) is 8.99. The second-order valence-electron chi connectivity index (χ2n) is 6.81. The highest BCUT2D eigenvalue weighted by molar-refractivity contribution is 5.48. The summed E-state index contributed by atoms with van der Waals surface area (Å²) in [6.45, 7) is 4.74. The Kier molecular flexibility index (Phi) is 5.06. The SMILES string of the molecule is CC1CC(C)CC(C(NN)c2cccc(N(C)C)c2)C1. The quantitative estimate of drug-likeness (QED) is 0.654. The maximum atomic E-state index is 5.89. The van der Waals surface area contributed by atoms with Crippen molar-refractivity contribution in [1.29, 1.82) is 0 Å². The van der Waals surface area contributed by atoms with Crippen LogP contribution in [0.25, 0.3) is 0 Å². The van der Waals surface area contributed by atoms with Gasteiger partial charge in [0.1, 0.15) is 0 Å². The second-order valence-corrected chi connectivity index (χ2v) is 6.81. The van der Waals surface area contributed by atoms with Gasteiger partial charge in [0.05, 0.1) is 0 Å². The number of nitrogens with zero attached hydrogens (tertiary/aromatic N) is 1. The standard InChI is InChI=1S/C17H29N3/c1-12-8-13(2)10-15(9-12)17(19-18)14-6-5-7-16(11-14)20(3)4/h5-7,11-13,15,17,19H,8-10,18H2,1-4H3. The fraction of sp³-hybridized carbons (Fsp3) is 0.647. The Morgan fingerprint density at radius 2 is 1.80 bits per heavy atom. The average molecular weight is 275 g/mol. The first-order chi connectivity index (χ1) is 9.51. The van der Waals surface area contributed by atoms with Gasteiger partial charge in [0.2, 0.25) is 0 Å². The smallest absolute Gasteiger partial charge is 0.0489 e. The van der Waals surface area contributed by atoms with Crippen LogP contribution in [0.3, 0.4) is 0 Å². The number of hydrogen-bond donors (Lipinski definition) is 2. The van der Waals surface area contributed by atoms with E-state index in [0.29, 0.717) is 5.92 Å². The van der Waals surface area contributed by atoms with E-state index in [4.69, 9.17) is 5.84 Å². The first-order valence-corrected chi connectivity index (χ1v) is 7.74. The summed E-state index contributed by atoms with van der Waals surface area (Å²) >= 11 is 0. The molecule has 0 radical (unpaired) electrons. The van der Waals surface area contributed by atoms with Crippen molar-refractivity contribution in [3.8, 4) is 0 Å². The van der Waals surface area contributed by atoms with Gasteiger partial charge in [-0.2, -0.15) is 0 Å². The Morgan fingerprint density at radius 1 is 1.15 bits per heavy atom. The minimum absolute atomic E-state index is 0.264. The monoisotopic (exact) mass is 275 g/mol. The molecule has 3 heteroatoms. The third-order valence-corrected chi connectivity index (χ3v) is 4.61. The van der Waals surface area contributed by atoms with E-state index in [1.807, 2.05) is 0 Å². The zero-order valence-electron chi connectivity index (χ0n) is 13.3. The van der Waals surface area contributed by atoms with E-state index in [1.54, 1.807) is 0 Å². The summed E-state index contributed by atoms with van der Waals surface area (Å²) in [5.74, 6) is 8.13. The zero-order valence-corrected chi connectivity index (χ0v) is 13.3. The van der Waals surface area contributed by atoms with Gasteiger partial charge in [-0.1, -0.05) is 26.0 Å². The maximum Gasteiger partial charge on any atom is 0.0489 e. The van der Waals surface area contributed by atoms with Crippen LogP contribution >= 0.6 is 0 Å². The highest BCUT2D eigenvalue weighted by Crippen LogP contribution is 2.39. The van der Waals surface area contributed by atoms with E-state index in [-0.39, 0.29) is 6.04 Å². The second kappa shape index (κ2) is 6.59. The normalized spacial score (nSPS) is 28.1. The number of nitrogens with two attached hydrogens (primary N) is 1. The number of rotatable bonds is 4. The van der Waals surface area contributed by atoms with Gasteiger partial charge in [-0.15, -0.1) is 0 Å². The van der Waals surface area contributed by atoms with Crippen molar-refractivity contribution in [3.63, 3.8) is 0 Å². The fourth-order valence-electron chi connectivity index (χ4n) is 3.78. The molecule has 2 rings (SSSR count). The Hall–Kier alpha value is -1.06. The van der Waals surface area contributed by atoms with Crippen molar-refractivity contribution in [2.75, 3.05) is 19.0 Å². The lowest BCUT2D eigenvalue weighted by molar-refractivity contribution is 0.177. The molecule has 1 saturated carbocycles. The van der Waals surface area contributed by atoms with E-state index < -0.39 is 0 Å². The molecule has 0 aromatic heterocycles. The first-order valence-electron chi connectivity index (χ1n) is 7.74. The number of nitrogens with one attached hydrogen (secondary N) is 1. The van der Waals surface area contributed by atoms with Gasteiger partial charge >= 0.3 is 0 Å². The van der Waals surface area contributed by atoms with Crippen LogP contribution in [0, 0.1) is 17.8 Å². The Balaban J connectivity index is 2.21. The predicted molar refractivity (Wildman–Crippen MR) is 86.5 cm³/mol. The number of hydrogen-bond acceptors (Lipinski definition) is 3. The maximum absolute atomic E-state index is 5.89. The molecule has 1 fully saturated rings. The lowest BCUT2D eigenvalue weighted by Gasteiger charge is -2.36. The van der Waals surface area contributed by atoms with Crippen LogP contribution in [-0.4, -0.2) is 14.1 Å². The molecular formula is C17H29N3. The zero-order chi connectivity index (χ0) is 14.7. The molecule has 0 saturated heterocycles. The minimum atomic E-state index is 0.264. The van der Waals surface area contributed by atoms with E-state index in [1.165, 1.54) is 30.5 Å². The summed E-state index contributed by atoms with van der Waals surface area (Å²) in [6.07, 6.45) is 3.89. The van der Waals surface area contributed by atoms with E-state index in [2.05, 4.69) is 62.5 Å². The van der Waals surface area contributed by atoms with Crippen molar-refractivity contribution in [2.24, 2.45) is 23.6 Å². The van der Waals surface area contributed by atoms with Crippen LogP contribution in [-0.2, 0) is 0 Å². The third kappa shape index (κ3) is 3.53. The molecule has 1 aliphatic carbocycles. The van der Waals surface area contributed by atoms with Gasteiger partial charge in [0.15, 0.2) is 0 Å². The molecular weight excluding hydrogens is 246 g/mol. The summed E-state index contributed by atoms with van der Waals surface area (Å²) in [7, 11) is 4.16. The van der Waals surface area contributed by atoms with Gasteiger partial charge in [0, 0.05) is 25.8 Å². The summed E-state index contributed by atoms with van der Waals surface area (Å²) in [5.41, 5.74) is 5.62. The highest BCUT2D eigenvalue weighted by atomic mass is 15.2. The molecule has 0 spiro atoms. The summed E-state index contributed by atoms with van der Waals surface area (Å²) < 4.78 is 0. The predicted octanol–water partition coefficient (Wildman–Crippen LogP) is 3.33. The summed E-state index contributed by atoms with van der Waals surface area (Å²) in [5, 5.41) is 0. The van der Waals surface area contributed by atoms with E-state index >= 15 is 0 Å². The van der Waals surface area contributed by atoms with Gasteiger partial charge < -0.3 is 4.90 Å². The largest absolute Gasteiger partial charge is 0.378 e. The third-order valence-electron chi connectivity index (χ3n) is 4.61. The Morgan fingerprint density at radius 3 is 2.35 bits per heavy atom. The molecule has 1 aromatic rings. The molecule has 3 atom stereocenters. The lowest BCUT2D eigenvalue weighted by atomic mass is 9.72. The molecule has 112 valence electrons. The fourth-order valence-corrected chi connectivity index (χ4v) is 3.78.